The van der Waals surface area contributed by atoms with Gasteiger partial charge in [-0.05, 0) is 19.3 Å². The van der Waals surface area contributed by atoms with Crippen LogP contribution in [-0.2, 0) is 29.2 Å². The maximum absolute atomic E-state index is 10.8. The molecule has 0 bridgehead atoms. The molecule has 0 aliphatic carbocycles. The fraction of sp³-hybridized carbons (Fsp3) is 1.00. The van der Waals surface area contributed by atoms with Gasteiger partial charge in [-0.25, -0.2) is 13.1 Å². The summed E-state index contributed by atoms with van der Waals surface area (Å²) in [6.07, 6.45) is 8.24. The summed E-state index contributed by atoms with van der Waals surface area (Å²) in [6.45, 7) is 2.44. The molecule has 0 N–H and O–H groups in total. The van der Waals surface area contributed by atoms with Crippen LogP contribution in [0.4, 0.5) is 0 Å². The Morgan fingerprint density at radius 3 is 0.864 bits per heavy atom. The highest BCUT2D eigenvalue weighted by molar-refractivity contribution is 7.93. The zero-order chi connectivity index (χ0) is 16.0. The lowest BCUT2D eigenvalue weighted by Gasteiger charge is -1.85. The molecule has 0 fully saturated rings. The summed E-state index contributed by atoms with van der Waals surface area (Å²) >= 11 is 0. The van der Waals surface area contributed by atoms with Gasteiger partial charge in [0.05, 0.1) is 0 Å². The minimum atomic E-state index is -1.67. The summed E-state index contributed by atoms with van der Waals surface area (Å²) in [4.78, 5) is 0. The molecule has 3 rings (SSSR count). The van der Waals surface area contributed by atoms with Crippen LogP contribution in [0.25, 0.3) is 0 Å². The molecule has 6 nitrogen and oxygen atoms in total. The van der Waals surface area contributed by atoms with Crippen molar-refractivity contribution in [3.8, 4) is 0 Å². The highest BCUT2D eigenvalue weighted by atomic mass is 32.2. The van der Waals surface area contributed by atoms with Crippen molar-refractivity contribution in [3.05, 3.63) is 0 Å². The molecule has 0 saturated carbocycles. The van der Waals surface area contributed by atoms with Crippen molar-refractivity contribution in [1.82, 2.24) is 0 Å². The van der Waals surface area contributed by atoms with Crippen molar-refractivity contribution in [2.75, 3.05) is 55.7 Å². The fourth-order valence-electron chi connectivity index (χ4n) is 1.96. The van der Waals surface area contributed by atoms with Crippen LogP contribution in [0.15, 0.2) is 13.1 Å². The monoisotopic (exact) mass is 373 g/mol. The van der Waals surface area contributed by atoms with E-state index >= 15 is 0 Å². The van der Waals surface area contributed by atoms with E-state index in [0.29, 0.717) is 0 Å². The summed E-state index contributed by atoms with van der Waals surface area (Å²) in [5.74, 6) is 2.44. The van der Waals surface area contributed by atoms with Gasteiger partial charge in [0.2, 0.25) is 0 Å². The average Bonchev–Trinajstić information content (AvgIpc) is 3.03. The van der Waals surface area contributed by atoms with E-state index in [9.17, 15) is 12.6 Å². The van der Waals surface area contributed by atoms with E-state index in [1.165, 1.54) is 0 Å². The van der Waals surface area contributed by atoms with Crippen LogP contribution in [-0.4, -0.2) is 68.3 Å². The highest BCUT2D eigenvalue weighted by Crippen LogP contribution is 2.04. The molecule has 22 heavy (non-hydrogen) atoms. The van der Waals surface area contributed by atoms with Gasteiger partial charge < -0.3 is 0 Å². The first-order valence-corrected chi connectivity index (χ1v) is 13.4. The summed E-state index contributed by atoms with van der Waals surface area (Å²) < 4.78 is 44.1. The van der Waals surface area contributed by atoms with E-state index in [2.05, 4.69) is 13.1 Å². The van der Waals surface area contributed by atoms with Gasteiger partial charge in [-0.3, -0.25) is 12.6 Å². The number of hydrogen-bond donors (Lipinski definition) is 0. The molecular formula is C13H31N3O3S3. The van der Waals surface area contributed by atoms with E-state index < -0.39 is 29.2 Å². The maximum atomic E-state index is 10.8. The molecule has 0 aromatic heterocycles. The normalized spacial score (nSPS) is 38.9. The molecule has 1 unspecified atom stereocenters. The molecule has 0 aromatic rings. The molecule has 9 heteroatoms. The van der Waals surface area contributed by atoms with Crippen molar-refractivity contribution in [2.24, 2.45) is 13.1 Å². The lowest BCUT2D eigenvalue weighted by molar-refractivity contribution is 0.682. The summed E-state index contributed by atoms with van der Waals surface area (Å²) in [6, 6.07) is 0. The molecule has 3 heterocycles. The predicted octanol–water partition coefficient (Wildman–Crippen LogP) is 2.10. The Kier molecular flexibility index (Phi) is 9.16. The average molecular weight is 374 g/mol. The second-order valence-electron chi connectivity index (χ2n) is 5.61. The van der Waals surface area contributed by atoms with Gasteiger partial charge in [0.25, 0.3) is 0 Å². The molecule has 3 aliphatic rings. The van der Waals surface area contributed by atoms with Gasteiger partial charge in [0.1, 0.15) is 0 Å². The summed E-state index contributed by atoms with van der Waals surface area (Å²) in [7, 11) is -5.01. The van der Waals surface area contributed by atoms with Crippen LogP contribution in [0, 0.1) is 0 Å². The third-order valence-corrected chi connectivity index (χ3v) is 8.46. The van der Waals surface area contributed by atoms with Crippen molar-refractivity contribution < 1.29 is 12.6 Å². The zero-order valence-corrected chi connectivity index (χ0v) is 15.6. The van der Waals surface area contributed by atoms with Crippen molar-refractivity contribution in [3.63, 3.8) is 0 Å². The van der Waals surface area contributed by atoms with Gasteiger partial charge in [-0.1, -0.05) is 7.43 Å². The lowest BCUT2D eigenvalue weighted by atomic mass is 10.5. The summed E-state index contributed by atoms with van der Waals surface area (Å²) in [5, 5.41) is 0. The molecule has 0 spiro atoms. The molecule has 134 valence electrons. The molecule has 0 radical (unpaired) electrons. The van der Waals surface area contributed by atoms with Crippen molar-refractivity contribution in [1.29, 1.82) is 0 Å². The first kappa shape index (κ1) is 21.9. The quantitative estimate of drug-likeness (QED) is 0.651. The summed E-state index contributed by atoms with van der Waals surface area (Å²) in [5.41, 5.74) is 0. The van der Waals surface area contributed by atoms with Crippen LogP contribution >= 0.6 is 0 Å². The van der Waals surface area contributed by atoms with Crippen LogP contribution in [0.2, 0.25) is 0 Å². The van der Waals surface area contributed by atoms with Gasteiger partial charge in [-0.2, -0.15) is 0 Å². The molecule has 3 atom stereocenters. The second kappa shape index (κ2) is 9.22. The largest absolute Gasteiger partial charge is 0.250 e. The van der Waals surface area contributed by atoms with Gasteiger partial charge in [0, 0.05) is 84.8 Å². The molecule has 0 aromatic carbocycles. The molecule has 3 aliphatic heterocycles. The third kappa shape index (κ3) is 9.78. The molecule has 0 amide bonds. The highest BCUT2D eigenvalue weighted by Gasteiger charge is 2.06. The van der Waals surface area contributed by atoms with Crippen LogP contribution in [0.3, 0.4) is 0 Å². The van der Waals surface area contributed by atoms with Gasteiger partial charge in [-0.15, -0.1) is 0 Å². The van der Waals surface area contributed by atoms with E-state index in [1.54, 1.807) is 18.8 Å². The number of rotatable bonds is 0. The van der Waals surface area contributed by atoms with E-state index in [4.69, 9.17) is 0 Å². The Morgan fingerprint density at radius 1 is 0.591 bits per heavy atom. The van der Waals surface area contributed by atoms with E-state index in [0.717, 1.165) is 56.2 Å². The van der Waals surface area contributed by atoms with Crippen molar-refractivity contribution in [2.45, 2.75) is 26.7 Å². The molecule has 0 saturated heterocycles. The Bertz CT molecular complexity index is 595. The minimum Gasteiger partial charge on any atom is -0.250 e. The molecular weight excluding hydrogens is 342 g/mol. The lowest BCUT2D eigenvalue weighted by Crippen LogP contribution is -1.93. The Hall–Kier alpha value is -0.150. The smallest absolute Gasteiger partial charge is 0.0493 e. The Labute approximate surface area is 137 Å². The number of hydrogen-bond acceptors (Lipinski definition) is 6. The third-order valence-electron chi connectivity index (χ3n) is 3.14. The first-order valence-electron chi connectivity index (χ1n) is 7.09. The topological polar surface area (TPSA) is 88.3 Å². The van der Waals surface area contributed by atoms with Gasteiger partial charge in [0.15, 0.2) is 0 Å². The maximum Gasteiger partial charge on any atom is 0.0493 e. The van der Waals surface area contributed by atoms with Crippen LogP contribution in [0.5, 0.6) is 0 Å². The fourth-order valence-corrected chi connectivity index (χ4v) is 5.89. The second-order valence-corrected chi connectivity index (χ2v) is 13.4. The number of nitrogens with zero attached hydrogens (tertiary/aromatic N) is 3. The zero-order valence-electron chi connectivity index (χ0n) is 13.2. The minimum absolute atomic E-state index is 0. The predicted molar refractivity (Wildman–Crippen MR) is 99.3 cm³/mol. The van der Waals surface area contributed by atoms with E-state index in [1.807, 2.05) is 0 Å². The van der Waals surface area contributed by atoms with Crippen molar-refractivity contribution >= 4 is 29.2 Å². The van der Waals surface area contributed by atoms with E-state index in [-0.39, 0.29) is 7.43 Å². The van der Waals surface area contributed by atoms with Crippen LogP contribution in [0.1, 0.15) is 26.7 Å². The Morgan fingerprint density at radius 2 is 0.818 bits per heavy atom. The van der Waals surface area contributed by atoms with Gasteiger partial charge >= 0.3 is 0 Å². The first-order chi connectivity index (χ1) is 9.62. The standard InChI is InChI=1S/3C4H9NOS.CH4/c3*1-7(6)4-2-3-5-7;/h3*2-4H2,1H3;1H4/t2*7-;;/m10../s1. The van der Waals surface area contributed by atoms with Crippen LogP contribution < -0.4 is 0 Å². The Balaban J connectivity index is 0.000000294. The SMILES string of the molecule is C.CS1(=O)=NCCC1.C[S@@]1(=O)=NCCC1.C[S@]1(=O)=NCCC1.